The van der Waals surface area contributed by atoms with Gasteiger partial charge < -0.3 is 19.9 Å². The molecule has 1 aliphatic carbocycles. The molecule has 1 unspecified atom stereocenters. The molecule has 0 spiro atoms. The number of rotatable bonds is 8. The van der Waals surface area contributed by atoms with E-state index in [1.807, 2.05) is 24.3 Å². The quantitative estimate of drug-likeness (QED) is 0.442. The maximum Gasteiger partial charge on any atom is 0.226 e. The second-order valence-electron chi connectivity index (χ2n) is 11.4. The van der Waals surface area contributed by atoms with E-state index in [0.717, 1.165) is 79.2 Å². The molecule has 1 aromatic carbocycles. The van der Waals surface area contributed by atoms with Crippen molar-refractivity contribution in [1.82, 2.24) is 24.7 Å². The zero-order valence-electron chi connectivity index (χ0n) is 23.2. The minimum atomic E-state index is 0.0653. The lowest BCUT2D eigenvalue weighted by Crippen LogP contribution is -2.47. The number of carbonyl (C=O) groups is 1. The first kappa shape index (κ1) is 26.5. The maximum atomic E-state index is 13.4. The number of hydrogen-bond donors (Lipinski definition) is 1. The topological polar surface area (TPSA) is 73.8 Å². The number of ether oxygens (including phenoxy) is 1. The zero-order valence-corrected chi connectivity index (χ0v) is 24.0. The number of amides is 1. The third-order valence-corrected chi connectivity index (χ3v) is 9.87. The van der Waals surface area contributed by atoms with Gasteiger partial charge in [-0.3, -0.25) is 9.69 Å². The highest BCUT2D eigenvalue weighted by atomic mass is 32.1. The third kappa shape index (κ3) is 5.76. The fourth-order valence-electron chi connectivity index (χ4n) is 6.39. The van der Waals surface area contributed by atoms with Crippen LogP contribution in [0.15, 0.2) is 30.6 Å². The van der Waals surface area contributed by atoms with E-state index in [2.05, 4.69) is 44.1 Å². The molecular formula is C30H40N6O2S. The number of likely N-dealkylation sites (tertiary alicyclic amines) is 2. The minimum Gasteiger partial charge on any atom is -0.490 e. The summed E-state index contributed by atoms with van der Waals surface area (Å²) in [5.41, 5.74) is 2.23. The summed E-state index contributed by atoms with van der Waals surface area (Å²) >= 11 is 1.72. The van der Waals surface area contributed by atoms with Crippen molar-refractivity contribution in [2.24, 2.45) is 5.92 Å². The van der Waals surface area contributed by atoms with Gasteiger partial charge in [0.15, 0.2) is 0 Å². The number of benzene rings is 1. The van der Waals surface area contributed by atoms with Crippen LogP contribution in [-0.4, -0.2) is 90.0 Å². The number of hydrogen-bond acceptors (Lipinski definition) is 8. The number of thiophene rings is 1. The molecule has 9 heteroatoms. The Kier molecular flexibility index (Phi) is 7.99. The standard InChI is InChI=1S/C30H40N6O2S/c1-34(2)22-11-15-36(16-12-22)30(37)21-9-10-23-26(19-21)39-29-27(23)28(31-20-32-29)33-24-7-3-4-8-25(24)38-18-17-35-13-5-6-14-35/h3-4,7-8,20-22H,5-6,9-19H2,1-2H3,(H,31,32,33). The lowest BCUT2D eigenvalue weighted by Gasteiger charge is -2.37. The zero-order chi connectivity index (χ0) is 26.8. The molecule has 1 amide bonds. The van der Waals surface area contributed by atoms with Crippen LogP contribution in [-0.2, 0) is 17.6 Å². The molecule has 0 bridgehead atoms. The van der Waals surface area contributed by atoms with Gasteiger partial charge in [-0.25, -0.2) is 9.97 Å². The van der Waals surface area contributed by atoms with Crippen molar-refractivity contribution in [1.29, 1.82) is 0 Å². The third-order valence-electron chi connectivity index (χ3n) is 8.70. The van der Waals surface area contributed by atoms with Crippen LogP contribution < -0.4 is 10.1 Å². The molecule has 1 atom stereocenters. The van der Waals surface area contributed by atoms with Gasteiger partial charge in [0.25, 0.3) is 0 Å². The molecule has 4 heterocycles. The van der Waals surface area contributed by atoms with Gasteiger partial charge >= 0.3 is 0 Å². The number of para-hydroxylation sites is 2. The van der Waals surface area contributed by atoms with Crippen LogP contribution in [0.2, 0.25) is 0 Å². The van der Waals surface area contributed by atoms with Gasteiger partial charge in [0.05, 0.1) is 11.1 Å². The highest BCUT2D eigenvalue weighted by molar-refractivity contribution is 7.19. The average Bonchev–Trinajstić information content (AvgIpc) is 3.61. The van der Waals surface area contributed by atoms with E-state index in [4.69, 9.17) is 4.74 Å². The predicted molar refractivity (Wildman–Crippen MR) is 157 cm³/mol. The van der Waals surface area contributed by atoms with Crippen LogP contribution >= 0.6 is 11.3 Å². The Morgan fingerprint density at radius 1 is 1.10 bits per heavy atom. The van der Waals surface area contributed by atoms with Gasteiger partial charge in [-0.2, -0.15) is 0 Å². The summed E-state index contributed by atoms with van der Waals surface area (Å²) < 4.78 is 6.21. The number of aromatic nitrogens is 2. The van der Waals surface area contributed by atoms with Crippen molar-refractivity contribution in [3.63, 3.8) is 0 Å². The molecule has 0 radical (unpaired) electrons. The molecule has 3 aliphatic rings. The lowest BCUT2D eigenvalue weighted by molar-refractivity contribution is -0.137. The van der Waals surface area contributed by atoms with E-state index in [-0.39, 0.29) is 5.92 Å². The minimum absolute atomic E-state index is 0.0653. The number of carbonyl (C=O) groups excluding carboxylic acids is 1. The normalized spacial score (nSPS) is 20.5. The molecular weight excluding hydrogens is 508 g/mol. The summed E-state index contributed by atoms with van der Waals surface area (Å²) in [4.78, 5) is 31.8. The number of piperidine rings is 1. The molecule has 8 nitrogen and oxygen atoms in total. The Morgan fingerprint density at radius 3 is 2.69 bits per heavy atom. The van der Waals surface area contributed by atoms with E-state index in [1.54, 1.807) is 17.7 Å². The van der Waals surface area contributed by atoms with Gasteiger partial charge in [-0.15, -0.1) is 11.3 Å². The van der Waals surface area contributed by atoms with E-state index in [0.29, 0.717) is 18.6 Å². The van der Waals surface area contributed by atoms with E-state index in [1.165, 1.54) is 36.4 Å². The Bertz CT molecular complexity index is 1300. The van der Waals surface area contributed by atoms with Crippen molar-refractivity contribution in [2.75, 3.05) is 58.7 Å². The van der Waals surface area contributed by atoms with Gasteiger partial charge in [0.1, 0.15) is 29.3 Å². The summed E-state index contributed by atoms with van der Waals surface area (Å²) in [5, 5.41) is 4.67. The largest absolute Gasteiger partial charge is 0.490 e. The smallest absolute Gasteiger partial charge is 0.226 e. The number of anilines is 2. The van der Waals surface area contributed by atoms with Crippen molar-refractivity contribution >= 4 is 39.0 Å². The highest BCUT2D eigenvalue weighted by Crippen LogP contribution is 2.41. The van der Waals surface area contributed by atoms with Crippen LogP contribution in [0.4, 0.5) is 11.5 Å². The van der Waals surface area contributed by atoms with Crippen molar-refractivity contribution in [3.05, 3.63) is 41.0 Å². The number of nitrogens with one attached hydrogen (secondary N) is 1. The molecule has 39 heavy (non-hydrogen) atoms. The first-order chi connectivity index (χ1) is 19.1. The lowest BCUT2D eigenvalue weighted by atomic mass is 9.86. The monoisotopic (exact) mass is 548 g/mol. The summed E-state index contributed by atoms with van der Waals surface area (Å²) in [5.74, 6) is 2.07. The van der Waals surface area contributed by atoms with E-state index < -0.39 is 0 Å². The van der Waals surface area contributed by atoms with Crippen LogP contribution in [0.3, 0.4) is 0 Å². The molecule has 0 saturated carbocycles. The second kappa shape index (κ2) is 11.8. The predicted octanol–water partition coefficient (Wildman–Crippen LogP) is 4.57. The first-order valence-corrected chi connectivity index (χ1v) is 15.3. The molecule has 2 fully saturated rings. The fourth-order valence-corrected chi connectivity index (χ4v) is 7.66. The van der Waals surface area contributed by atoms with Crippen LogP contribution in [0.1, 0.15) is 42.5 Å². The van der Waals surface area contributed by atoms with Gasteiger partial charge in [-0.1, -0.05) is 12.1 Å². The van der Waals surface area contributed by atoms with Gasteiger partial charge in [0.2, 0.25) is 5.91 Å². The Hall–Kier alpha value is -2.75. The van der Waals surface area contributed by atoms with Crippen molar-refractivity contribution in [3.8, 4) is 5.75 Å². The van der Waals surface area contributed by atoms with Crippen molar-refractivity contribution in [2.45, 2.75) is 51.0 Å². The van der Waals surface area contributed by atoms with Crippen molar-refractivity contribution < 1.29 is 9.53 Å². The van der Waals surface area contributed by atoms with Crippen LogP contribution in [0.25, 0.3) is 10.2 Å². The molecule has 6 rings (SSSR count). The average molecular weight is 549 g/mol. The number of aryl methyl sites for hydroxylation is 1. The maximum absolute atomic E-state index is 13.4. The number of nitrogens with zero attached hydrogens (tertiary/aromatic N) is 5. The molecule has 3 aromatic rings. The summed E-state index contributed by atoms with van der Waals surface area (Å²) in [6.07, 6.45) is 8.92. The summed E-state index contributed by atoms with van der Waals surface area (Å²) in [6.45, 7) is 5.72. The van der Waals surface area contributed by atoms with Gasteiger partial charge in [0, 0.05) is 36.5 Å². The molecule has 2 aromatic heterocycles. The summed E-state index contributed by atoms with van der Waals surface area (Å²) in [6, 6.07) is 8.68. The van der Waals surface area contributed by atoms with Crippen LogP contribution in [0, 0.1) is 5.92 Å². The number of fused-ring (bicyclic) bond motifs is 3. The Labute approximate surface area is 235 Å². The fraction of sp³-hybridized carbons (Fsp3) is 0.567. The SMILES string of the molecule is CN(C)C1CCN(C(=O)C2CCc3c(sc4ncnc(Nc5ccccc5OCCN5CCCC5)c34)C2)CC1. The summed E-state index contributed by atoms with van der Waals surface area (Å²) in [7, 11) is 4.28. The molecule has 2 aliphatic heterocycles. The Balaban J connectivity index is 1.16. The molecule has 208 valence electrons. The molecule has 1 N–H and O–H groups in total. The second-order valence-corrected chi connectivity index (χ2v) is 12.5. The molecule has 2 saturated heterocycles. The van der Waals surface area contributed by atoms with E-state index in [9.17, 15) is 4.79 Å². The van der Waals surface area contributed by atoms with E-state index >= 15 is 0 Å². The van der Waals surface area contributed by atoms with Crippen LogP contribution in [0.5, 0.6) is 5.75 Å². The highest BCUT2D eigenvalue weighted by Gasteiger charge is 2.33. The first-order valence-electron chi connectivity index (χ1n) is 14.5. The Morgan fingerprint density at radius 2 is 1.90 bits per heavy atom. The van der Waals surface area contributed by atoms with Gasteiger partial charge in [-0.05, 0) is 89.8 Å².